The summed E-state index contributed by atoms with van der Waals surface area (Å²) in [5.74, 6) is 2.35. The molecule has 1 fully saturated rings. The molecule has 2 heterocycles. The number of hydrogen-bond donors (Lipinski definition) is 0. The highest BCUT2D eigenvalue weighted by molar-refractivity contribution is 6.13. The molecule has 0 spiro atoms. The molecule has 3 aromatic rings. The summed E-state index contributed by atoms with van der Waals surface area (Å²) in [7, 11) is 1.66. The highest BCUT2D eigenvalue weighted by Crippen LogP contribution is 2.25. The van der Waals surface area contributed by atoms with Gasteiger partial charge < -0.3 is 9.47 Å². The standard InChI is InChI=1S/C20H21ClN4O2/c1-26-17-9-7-15(8-10-17)13-19-22-20(18-14-24(21)11-12-27-18)25(23-19)16-5-3-2-4-6-16/h2-10,18H,11-14H2,1H3. The van der Waals surface area contributed by atoms with E-state index in [0.29, 0.717) is 26.1 Å². The molecule has 7 heteroatoms. The van der Waals surface area contributed by atoms with Gasteiger partial charge in [-0.2, -0.15) is 5.10 Å². The monoisotopic (exact) mass is 384 g/mol. The van der Waals surface area contributed by atoms with Crippen LogP contribution in [0.1, 0.15) is 23.3 Å². The van der Waals surface area contributed by atoms with Crippen LogP contribution in [0.3, 0.4) is 0 Å². The molecule has 6 nitrogen and oxygen atoms in total. The predicted octanol–water partition coefficient (Wildman–Crippen LogP) is 3.39. The number of ether oxygens (including phenoxy) is 2. The minimum Gasteiger partial charge on any atom is -0.497 e. The summed E-state index contributed by atoms with van der Waals surface area (Å²) >= 11 is 6.21. The zero-order valence-electron chi connectivity index (χ0n) is 15.1. The maximum Gasteiger partial charge on any atom is 0.162 e. The SMILES string of the molecule is COc1ccc(Cc2nc(C3CN(Cl)CCO3)n(-c3ccccc3)n2)cc1. The molecule has 140 valence electrons. The number of methoxy groups -OCH3 is 1. The Balaban J connectivity index is 1.66. The summed E-state index contributed by atoms with van der Waals surface area (Å²) in [5, 5.41) is 4.75. The van der Waals surface area contributed by atoms with Gasteiger partial charge in [0.25, 0.3) is 0 Å². The number of morpholine rings is 1. The molecule has 0 aliphatic carbocycles. The van der Waals surface area contributed by atoms with E-state index >= 15 is 0 Å². The minimum absolute atomic E-state index is 0.214. The van der Waals surface area contributed by atoms with Crippen LogP contribution in [0.2, 0.25) is 0 Å². The van der Waals surface area contributed by atoms with Crippen LogP contribution in [-0.4, -0.2) is 46.0 Å². The normalized spacial score (nSPS) is 17.8. The quantitative estimate of drug-likeness (QED) is 0.631. The van der Waals surface area contributed by atoms with Gasteiger partial charge in [0, 0.05) is 19.5 Å². The van der Waals surface area contributed by atoms with E-state index in [1.54, 1.807) is 11.5 Å². The van der Waals surface area contributed by atoms with Gasteiger partial charge in [-0.05, 0) is 41.6 Å². The fourth-order valence-corrected chi connectivity index (χ4v) is 3.31. The summed E-state index contributed by atoms with van der Waals surface area (Å²) in [6, 6.07) is 17.9. The van der Waals surface area contributed by atoms with Crippen LogP contribution in [0.4, 0.5) is 0 Å². The Morgan fingerprint density at radius 3 is 2.63 bits per heavy atom. The summed E-state index contributed by atoms with van der Waals surface area (Å²) < 4.78 is 14.7. The first kappa shape index (κ1) is 18.0. The Morgan fingerprint density at radius 1 is 1.15 bits per heavy atom. The second-order valence-electron chi connectivity index (χ2n) is 6.39. The lowest BCUT2D eigenvalue weighted by Gasteiger charge is -2.27. The lowest BCUT2D eigenvalue weighted by molar-refractivity contribution is -0.00812. The first-order chi connectivity index (χ1) is 13.2. The first-order valence-corrected chi connectivity index (χ1v) is 9.23. The van der Waals surface area contributed by atoms with E-state index in [1.165, 1.54) is 0 Å². The van der Waals surface area contributed by atoms with E-state index in [2.05, 4.69) is 0 Å². The molecule has 0 N–H and O–H groups in total. The third kappa shape index (κ3) is 4.13. The number of hydrogen-bond acceptors (Lipinski definition) is 5. The van der Waals surface area contributed by atoms with E-state index < -0.39 is 0 Å². The van der Waals surface area contributed by atoms with Gasteiger partial charge in [0.1, 0.15) is 11.9 Å². The van der Waals surface area contributed by atoms with Crippen molar-refractivity contribution in [3.63, 3.8) is 0 Å². The maximum atomic E-state index is 6.21. The van der Waals surface area contributed by atoms with Crippen molar-refractivity contribution in [2.24, 2.45) is 0 Å². The van der Waals surface area contributed by atoms with Crippen molar-refractivity contribution < 1.29 is 9.47 Å². The molecular formula is C20H21ClN4O2. The van der Waals surface area contributed by atoms with Crippen molar-refractivity contribution >= 4 is 11.8 Å². The highest BCUT2D eigenvalue weighted by atomic mass is 35.5. The van der Waals surface area contributed by atoms with Crippen LogP contribution in [0.5, 0.6) is 5.75 Å². The molecular weight excluding hydrogens is 364 g/mol. The molecule has 4 rings (SSSR count). The van der Waals surface area contributed by atoms with Crippen LogP contribution >= 0.6 is 11.8 Å². The molecule has 0 bridgehead atoms. The molecule has 0 saturated carbocycles. The lowest BCUT2D eigenvalue weighted by atomic mass is 10.1. The van der Waals surface area contributed by atoms with Gasteiger partial charge in [-0.25, -0.2) is 14.1 Å². The van der Waals surface area contributed by atoms with Crippen molar-refractivity contribution in [2.75, 3.05) is 26.8 Å². The van der Waals surface area contributed by atoms with Crippen molar-refractivity contribution in [3.8, 4) is 11.4 Å². The Labute approximate surface area is 163 Å². The Kier molecular flexibility index (Phi) is 5.38. The smallest absolute Gasteiger partial charge is 0.162 e. The van der Waals surface area contributed by atoms with Gasteiger partial charge in [0.15, 0.2) is 11.6 Å². The molecule has 1 aliphatic rings. The summed E-state index contributed by atoms with van der Waals surface area (Å²) in [6.07, 6.45) is 0.419. The summed E-state index contributed by atoms with van der Waals surface area (Å²) in [4.78, 5) is 4.79. The zero-order valence-corrected chi connectivity index (χ0v) is 15.8. The molecule has 1 aromatic heterocycles. The molecule has 0 radical (unpaired) electrons. The number of halogens is 1. The van der Waals surface area contributed by atoms with Crippen LogP contribution in [0, 0.1) is 0 Å². The van der Waals surface area contributed by atoms with Crippen LogP contribution in [0.15, 0.2) is 54.6 Å². The van der Waals surface area contributed by atoms with Crippen molar-refractivity contribution in [1.29, 1.82) is 0 Å². The average molecular weight is 385 g/mol. The average Bonchev–Trinajstić information content (AvgIpc) is 3.13. The number of para-hydroxylation sites is 1. The largest absolute Gasteiger partial charge is 0.497 e. The summed E-state index contributed by atoms with van der Waals surface area (Å²) in [6.45, 7) is 1.86. The first-order valence-electron chi connectivity index (χ1n) is 8.89. The van der Waals surface area contributed by atoms with E-state index in [9.17, 15) is 0 Å². The fraction of sp³-hybridized carbons (Fsp3) is 0.300. The van der Waals surface area contributed by atoms with E-state index in [4.69, 9.17) is 31.3 Å². The number of nitrogens with zero attached hydrogens (tertiary/aromatic N) is 4. The van der Waals surface area contributed by atoms with E-state index in [1.807, 2.05) is 59.3 Å². The van der Waals surface area contributed by atoms with E-state index in [0.717, 1.165) is 28.6 Å². The molecule has 2 aromatic carbocycles. The second-order valence-corrected chi connectivity index (χ2v) is 6.86. The highest BCUT2D eigenvalue weighted by Gasteiger charge is 2.27. The number of rotatable bonds is 5. The van der Waals surface area contributed by atoms with Gasteiger partial charge in [-0.3, -0.25) is 0 Å². The molecule has 1 unspecified atom stereocenters. The Bertz CT molecular complexity index is 883. The lowest BCUT2D eigenvalue weighted by Crippen LogP contribution is -2.33. The predicted molar refractivity (Wildman–Crippen MR) is 103 cm³/mol. The van der Waals surface area contributed by atoms with Crippen molar-refractivity contribution in [1.82, 2.24) is 19.2 Å². The molecule has 0 amide bonds. The zero-order chi connectivity index (χ0) is 18.6. The van der Waals surface area contributed by atoms with Crippen LogP contribution < -0.4 is 4.74 Å². The second kappa shape index (κ2) is 8.08. The van der Waals surface area contributed by atoms with Gasteiger partial charge >= 0.3 is 0 Å². The van der Waals surface area contributed by atoms with Crippen molar-refractivity contribution in [3.05, 3.63) is 71.8 Å². The van der Waals surface area contributed by atoms with Crippen LogP contribution in [-0.2, 0) is 11.2 Å². The maximum absolute atomic E-state index is 6.21. The van der Waals surface area contributed by atoms with Crippen LogP contribution in [0.25, 0.3) is 5.69 Å². The third-order valence-corrected chi connectivity index (χ3v) is 4.81. The molecule has 27 heavy (non-hydrogen) atoms. The van der Waals surface area contributed by atoms with Gasteiger partial charge in [-0.1, -0.05) is 30.3 Å². The topological polar surface area (TPSA) is 52.4 Å². The van der Waals surface area contributed by atoms with Gasteiger partial charge in [0.05, 0.1) is 19.4 Å². The Morgan fingerprint density at radius 2 is 1.93 bits per heavy atom. The number of aromatic nitrogens is 3. The van der Waals surface area contributed by atoms with Gasteiger partial charge in [-0.15, -0.1) is 0 Å². The molecule has 1 saturated heterocycles. The molecule has 1 aliphatic heterocycles. The minimum atomic E-state index is -0.214. The molecule has 1 atom stereocenters. The van der Waals surface area contributed by atoms with Crippen molar-refractivity contribution in [2.45, 2.75) is 12.5 Å². The fourth-order valence-electron chi connectivity index (χ4n) is 3.11. The van der Waals surface area contributed by atoms with Gasteiger partial charge in [0.2, 0.25) is 0 Å². The number of benzene rings is 2. The third-order valence-electron chi connectivity index (χ3n) is 4.50. The van der Waals surface area contributed by atoms with E-state index in [-0.39, 0.29) is 6.10 Å². The summed E-state index contributed by atoms with van der Waals surface area (Å²) in [5.41, 5.74) is 2.08. The Hall–Kier alpha value is -2.41.